The molecular formula is C10H19N3OS. The van der Waals surface area contributed by atoms with Gasteiger partial charge in [0.1, 0.15) is 0 Å². The molecule has 1 unspecified atom stereocenters. The van der Waals surface area contributed by atoms with E-state index >= 15 is 0 Å². The average Bonchev–Trinajstić information content (AvgIpc) is 2.69. The van der Waals surface area contributed by atoms with E-state index in [-0.39, 0.29) is 5.92 Å². The van der Waals surface area contributed by atoms with Gasteiger partial charge in [-0.2, -0.15) is 16.7 Å². The van der Waals surface area contributed by atoms with Crippen LogP contribution in [-0.2, 0) is 5.75 Å². The molecule has 0 aliphatic rings. The quantitative estimate of drug-likeness (QED) is 0.726. The zero-order valence-corrected chi connectivity index (χ0v) is 10.2. The smallest absolute Gasteiger partial charge is 0.231 e. The molecule has 15 heavy (non-hydrogen) atoms. The first kappa shape index (κ1) is 12.5. The second-order valence-corrected chi connectivity index (χ2v) is 4.55. The Hall–Kier alpha value is -0.550. The van der Waals surface area contributed by atoms with Crippen molar-refractivity contribution in [3.63, 3.8) is 0 Å². The number of nitrogens with two attached hydrogens (primary N) is 1. The molecule has 1 aromatic rings. The van der Waals surface area contributed by atoms with Crippen molar-refractivity contribution >= 4 is 11.8 Å². The number of rotatable bonds is 7. The van der Waals surface area contributed by atoms with Crippen LogP contribution in [0.1, 0.15) is 44.3 Å². The van der Waals surface area contributed by atoms with Crippen LogP contribution in [0.25, 0.3) is 0 Å². The lowest BCUT2D eigenvalue weighted by Crippen LogP contribution is -2.11. The lowest BCUT2D eigenvalue weighted by Gasteiger charge is -2.04. The topological polar surface area (TPSA) is 64.9 Å². The molecule has 0 bridgehead atoms. The van der Waals surface area contributed by atoms with Gasteiger partial charge < -0.3 is 10.3 Å². The fraction of sp³-hybridized carbons (Fsp3) is 0.800. The van der Waals surface area contributed by atoms with Crippen molar-refractivity contribution in [2.75, 3.05) is 12.3 Å². The van der Waals surface area contributed by atoms with Crippen LogP contribution in [-0.4, -0.2) is 22.4 Å². The molecule has 0 aliphatic carbocycles. The van der Waals surface area contributed by atoms with E-state index < -0.39 is 0 Å². The summed E-state index contributed by atoms with van der Waals surface area (Å²) in [5, 5.41) is 3.94. The Kier molecular flexibility index (Phi) is 5.71. The summed E-state index contributed by atoms with van der Waals surface area (Å²) >= 11 is 1.83. The highest BCUT2D eigenvalue weighted by molar-refractivity contribution is 7.98. The molecule has 1 rings (SSSR count). The molecule has 4 nitrogen and oxygen atoms in total. The van der Waals surface area contributed by atoms with Gasteiger partial charge in [0, 0.05) is 6.54 Å². The maximum Gasteiger partial charge on any atom is 0.231 e. The van der Waals surface area contributed by atoms with Crippen LogP contribution in [0.2, 0.25) is 0 Å². The summed E-state index contributed by atoms with van der Waals surface area (Å²) in [4.78, 5) is 4.35. The predicted molar refractivity (Wildman–Crippen MR) is 62.8 cm³/mol. The minimum atomic E-state index is 0.211. The van der Waals surface area contributed by atoms with Crippen LogP contribution in [0, 0.1) is 0 Å². The lowest BCUT2D eigenvalue weighted by molar-refractivity contribution is 0.348. The molecule has 86 valence electrons. The van der Waals surface area contributed by atoms with Crippen molar-refractivity contribution < 1.29 is 4.52 Å². The summed E-state index contributed by atoms with van der Waals surface area (Å²) in [6, 6.07) is 0. The van der Waals surface area contributed by atoms with Crippen LogP contribution in [0.3, 0.4) is 0 Å². The molecule has 0 saturated heterocycles. The minimum Gasteiger partial charge on any atom is -0.339 e. The van der Waals surface area contributed by atoms with Crippen LogP contribution in [0.5, 0.6) is 0 Å². The first-order valence-electron chi connectivity index (χ1n) is 5.42. The third-order valence-electron chi connectivity index (χ3n) is 2.19. The molecule has 0 amide bonds. The lowest BCUT2D eigenvalue weighted by atomic mass is 10.1. The molecule has 2 N–H and O–H groups in total. The first-order chi connectivity index (χ1) is 7.31. The second kappa shape index (κ2) is 6.85. The molecule has 0 aliphatic heterocycles. The zero-order valence-electron chi connectivity index (χ0n) is 9.40. The summed E-state index contributed by atoms with van der Waals surface area (Å²) in [6.07, 6.45) is 2.12. The van der Waals surface area contributed by atoms with E-state index in [1.807, 2.05) is 11.8 Å². The van der Waals surface area contributed by atoms with E-state index in [4.69, 9.17) is 10.3 Å². The van der Waals surface area contributed by atoms with E-state index in [9.17, 15) is 0 Å². The van der Waals surface area contributed by atoms with Gasteiger partial charge in [-0.05, 0) is 18.6 Å². The molecular weight excluding hydrogens is 210 g/mol. The predicted octanol–water partition coefficient (Wildman–Crippen LogP) is 2.17. The molecule has 0 spiro atoms. The third-order valence-corrected chi connectivity index (χ3v) is 3.35. The molecule has 1 atom stereocenters. The third kappa shape index (κ3) is 3.83. The van der Waals surface area contributed by atoms with E-state index in [2.05, 4.69) is 24.0 Å². The summed E-state index contributed by atoms with van der Waals surface area (Å²) in [5.74, 6) is 3.65. The van der Waals surface area contributed by atoms with Crippen molar-refractivity contribution in [1.82, 2.24) is 10.1 Å². The Morgan fingerprint density at radius 2 is 2.27 bits per heavy atom. The highest BCUT2D eigenvalue weighted by Gasteiger charge is 2.15. The molecule has 1 heterocycles. The molecule has 0 radical (unpaired) electrons. The minimum absolute atomic E-state index is 0.211. The Morgan fingerprint density at radius 3 is 2.87 bits per heavy atom. The highest BCUT2D eigenvalue weighted by Crippen LogP contribution is 2.17. The molecule has 5 heteroatoms. The van der Waals surface area contributed by atoms with E-state index in [1.165, 1.54) is 6.42 Å². The van der Waals surface area contributed by atoms with Crippen molar-refractivity contribution in [3.05, 3.63) is 11.7 Å². The Morgan fingerprint density at radius 1 is 1.47 bits per heavy atom. The molecule has 0 saturated carbocycles. The fourth-order valence-corrected chi connectivity index (χ4v) is 1.97. The number of hydrogen-bond acceptors (Lipinski definition) is 5. The number of hydrogen-bond donors (Lipinski definition) is 1. The summed E-state index contributed by atoms with van der Waals surface area (Å²) in [6.45, 7) is 4.81. The summed E-state index contributed by atoms with van der Waals surface area (Å²) in [7, 11) is 0. The summed E-state index contributed by atoms with van der Waals surface area (Å²) in [5.41, 5.74) is 5.61. The monoisotopic (exact) mass is 229 g/mol. The molecule has 0 aromatic carbocycles. The number of thioether (sulfide) groups is 1. The number of nitrogens with zero attached hydrogens (tertiary/aromatic N) is 2. The number of aromatic nitrogens is 2. The van der Waals surface area contributed by atoms with Crippen molar-refractivity contribution in [2.24, 2.45) is 5.73 Å². The van der Waals surface area contributed by atoms with Crippen LogP contribution >= 0.6 is 11.8 Å². The van der Waals surface area contributed by atoms with Gasteiger partial charge in [0.25, 0.3) is 0 Å². The maximum atomic E-state index is 5.61. The molecule has 0 fully saturated rings. The largest absolute Gasteiger partial charge is 0.339 e. The Bertz CT molecular complexity index is 273. The average molecular weight is 229 g/mol. The normalized spacial score (nSPS) is 13.0. The van der Waals surface area contributed by atoms with Crippen LogP contribution in [0.15, 0.2) is 4.52 Å². The van der Waals surface area contributed by atoms with Gasteiger partial charge >= 0.3 is 0 Å². The van der Waals surface area contributed by atoms with E-state index in [0.29, 0.717) is 12.4 Å². The van der Waals surface area contributed by atoms with Gasteiger partial charge in [0.15, 0.2) is 5.82 Å². The maximum absolute atomic E-state index is 5.61. The van der Waals surface area contributed by atoms with Crippen molar-refractivity contribution in [2.45, 2.75) is 38.4 Å². The van der Waals surface area contributed by atoms with E-state index in [1.54, 1.807) is 0 Å². The van der Waals surface area contributed by atoms with Crippen molar-refractivity contribution in [1.29, 1.82) is 0 Å². The van der Waals surface area contributed by atoms with Crippen molar-refractivity contribution in [3.8, 4) is 0 Å². The van der Waals surface area contributed by atoms with E-state index in [0.717, 1.165) is 23.8 Å². The van der Waals surface area contributed by atoms with Gasteiger partial charge in [-0.15, -0.1) is 0 Å². The van der Waals surface area contributed by atoms with Gasteiger partial charge in [-0.1, -0.05) is 19.0 Å². The first-order valence-corrected chi connectivity index (χ1v) is 6.57. The van der Waals surface area contributed by atoms with Gasteiger partial charge in [-0.3, -0.25) is 0 Å². The van der Waals surface area contributed by atoms with Crippen LogP contribution in [0.4, 0.5) is 0 Å². The van der Waals surface area contributed by atoms with Crippen LogP contribution < -0.4 is 5.73 Å². The SMILES string of the molecule is CCCSCc1noc(C(CC)CN)n1. The summed E-state index contributed by atoms with van der Waals surface area (Å²) < 4.78 is 5.18. The standard InChI is InChI=1S/C10H19N3OS/c1-3-5-15-7-9-12-10(14-13-9)8(4-2)6-11/h8H,3-7,11H2,1-2H3. The van der Waals surface area contributed by atoms with Gasteiger partial charge in [0.05, 0.1) is 11.7 Å². The highest BCUT2D eigenvalue weighted by atomic mass is 32.2. The Labute approximate surface area is 95.0 Å². The zero-order chi connectivity index (χ0) is 11.1. The fourth-order valence-electron chi connectivity index (χ4n) is 1.24. The molecule has 1 aromatic heterocycles. The van der Waals surface area contributed by atoms with Gasteiger partial charge in [-0.25, -0.2) is 0 Å². The Balaban J connectivity index is 2.47. The second-order valence-electron chi connectivity index (χ2n) is 3.44. The van der Waals surface area contributed by atoms with Gasteiger partial charge in [0.2, 0.25) is 5.89 Å².